The molecule has 0 radical (unpaired) electrons. The number of nitrogens with zero attached hydrogens (tertiary/aromatic N) is 4. The van der Waals surface area contributed by atoms with Crippen LogP contribution in [-0.4, -0.2) is 31.8 Å². The van der Waals surface area contributed by atoms with Crippen LogP contribution in [0, 0.1) is 21.4 Å². The quantitative estimate of drug-likeness (QED) is 0.414. The highest BCUT2D eigenvalue weighted by Crippen LogP contribution is 2.48. The number of nitrogens with one attached hydrogen (secondary N) is 1. The first-order valence-corrected chi connectivity index (χ1v) is 9.16. The van der Waals surface area contributed by atoms with E-state index >= 15 is 0 Å². The molecule has 0 saturated heterocycles. The van der Waals surface area contributed by atoms with Crippen molar-refractivity contribution in [3.63, 3.8) is 0 Å². The van der Waals surface area contributed by atoms with Crippen molar-refractivity contribution in [2.24, 2.45) is 5.73 Å². The minimum Gasteiger partial charge on any atom is -0.500 e. The molecule has 0 amide bonds. The first kappa shape index (κ1) is 19.7. The number of aromatic amines is 1. The molecule has 31 heavy (non-hydrogen) atoms. The number of benzene rings is 1. The average molecular weight is 420 g/mol. The summed E-state index contributed by atoms with van der Waals surface area (Å²) in [5.41, 5.74) is 7.49. The number of aromatic nitrogens is 3. The van der Waals surface area contributed by atoms with Crippen molar-refractivity contribution in [3.05, 3.63) is 69.4 Å². The lowest BCUT2D eigenvalue weighted by Crippen LogP contribution is -2.21. The molecule has 3 aromatic rings. The second kappa shape index (κ2) is 7.68. The predicted octanol–water partition coefficient (Wildman–Crippen LogP) is 2.70. The van der Waals surface area contributed by atoms with Crippen LogP contribution in [0.4, 0.5) is 5.69 Å². The number of phenols is 1. The van der Waals surface area contributed by atoms with Crippen LogP contribution in [0.3, 0.4) is 0 Å². The van der Waals surface area contributed by atoms with Gasteiger partial charge in [-0.25, -0.2) is 0 Å². The number of H-pyrrole nitrogens is 1. The Labute approximate surface area is 175 Å². The van der Waals surface area contributed by atoms with Gasteiger partial charge in [-0.2, -0.15) is 5.26 Å². The van der Waals surface area contributed by atoms with Crippen LogP contribution >= 0.6 is 0 Å². The van der Waals surface area contributed by atoms with E-state index < -0.39 is 22.3 Å². The summed E-state index contributed by atoms with van der Waals surface area (Å²) in [5.74, 6) is -1.55. The molecular formula is C20H16N6O5. The summed E-state index contributed by atoms with van der Waals surface area (Å²) in [6.45, 7) is 1.85. The van der Waals surface area contributed by atoms with Crippen LogP contribution in [0.25, 0.3) is 11.3 Å². The van der Waals surface area contributed by atoms with Crippen molar-refractivity contribution in [2.75, 3.05) is 6.61 Å². The number of nitro benzene ring substituents is 1. The normalized spacial score (nSPS) is 15.0. The van der Waals surface area contributed by atoms with Crippen molar-refractivity contribution in [2.45, 2.75) is 12.8 Å². The summed E-state index contributed by atoms with van der Waals surface area (Å²) >= 11 is 0. The fraction of sp³-hybridized carbons (Fsp3) is 0.150. The number of phenolic OH excluding ortho intramolecular Hbond substituents is 1. The molecule has 0 aliphatic carbocycles. The van der Waals surface area contributed by atoms with Crippen molar-refractivity contribution < 1.29 is 19.5 Å². The van der Waals surface area contributed by atoms with Gasteiger partial charge >= 0.3 is 5.69 Å². The van der Waals surface area contributed by atoms with Gasteiger partial charge in [0, 0.05) is 24.0 Å². The molecule has 0 fully saturated rings. The van der Waals surface area contributed by atoms with Crippen LogP contribution in [0.5, 0.6) is 17.4 Å². The lowest BCUT2D eigenvalue weighted by Gasteiger charge is -2.24. The molecule has 0 saturated carbocycles. The number of fused-ring (bicyclic) bond motifs is 1. The Balaban J connectivity index is 2.00. The lowest BCUT2D eigenvalue weighted by molar-refractivity contribution is -0.386. The third kappa shape index (κ3) is 3.25. The number of rotatable bonds is 5. The molecule has 0 unspecified atom stereocenters. The molecule has 1 atom stereocenters. The van der Waals surface area contributed by atoms with E-state index in [9.17, 15) is 20.5 Å². The van der Waals surface area contributed by atoms with Crippen molar-refractivity contribution in [3.8, 4) is 34.7 Å². The van der Waals surface area contributed by atoms with Gasteiger partial charge in [0.15, 0.2) is 5.75 Å². The molecule has 4 N–H and O–H groups in total. The standard InChI is InChI=1S/C20H16N6O5/c1-2-30-14-8-11(7-13(18(14)27)26(28)29)15-12(9-21)19(22)31-20-16(15)17(24-25-20)10-3-5-23-6-4-10/h3-8,15,27H,2,22H2,1H3,(H,24,25)/t15-/m1/s1. The van der Waals surface area contributed by atoms with E-state index in [0.717, 1.165) is 0 Å². The maximum atomic E-state index is 11.6. The number of hydrogen-bond acceptors (Lipinski definition) is 9. The van der Waals surface area contributed by atoms with E-state index in [-0.39, 0.29) is 29.7 Å². The summed E-state index contributed by atoms with van der Waals surface area (Å²) in [7, 11) is 0. The maximum absolute atomic E-state index is 11.6. The van der Waals surface area contributed by atoms with Gasteiger partial charge in [-0.05, 0) is 30.7 Å². The number of nitriles is 1. The van der Waals surface area contributed by atoms with E-state index in [1.807, 2.05) is 6.07 Å². The SMILES string of the molecule is CCOc1cc([C@@H]2C(C#N)=C(N)Oc3n[nH]c(-c4ccncc4)c32)cc([N+](=O)[O-])c1O. The van der Waals surface area contributed by atoms with Crippen LogP contribution in [-0.2, 0) is 0 Å². The Bertz CT molecular complexity index is 1240. The second-order valence-corrected chi connectivity index (χ2v) is 6.56. The van der Waals surface area contributed by atoms with Gasteiger partial charge in [0.05, 0.1) is 28.7 Å². The van der Waals surface area contributed by atoms with Crippen molar-refractivity contribution in [1.29, 1.82) is 5.26 Å². The number of nitro groups is 1. The molecule has 1 aliphatic heterocycles. The third-order valence-corrected chi connectivity index (χ3v) is 4.81. The third-order valence-electron chi connectivity index (χ3n) is 4.81. The van der Waals surface area contributed by atoms with E-state index in [1.165, 1.54) is 12.1 Å². The lowest BCUT2D eigenvalue weighted by atomic mass is 9.82. The average Bonchev–Trinajstić information content (AvgIpc) is 3.18. The van der Waals surface area contributed by atoms with E-state index in [0.29, 0.717) is 22.4 Å². The molecule has 11 nitrogen and oxygen atoms in total. The van der Waals surface area contributed by atoms with Gasteiger partial charge in [0.25, 0.3) is 0 Å². The highest BCUT2D eigenvalue weighted by molar-refractivity contribution is 5.71. The Morgan fingerprint density at radius 2 is 2.16 bits per heavy atom. The van der Waals surface area contributed by atoms with E-state index in [2.05, 4.69) is 15.2 Å². The summed E-state index contributed by atoms with van der Waals surface area (Å²) in [6, 6.07) is 8.14. The minimum atomic E-state index is -0.853. The number of hydrogen-bond donors (Lipinski definition) is 3. The number of nitrogens with two attached hydrogens (primary N) is 1. The van der Waals surface area contributed by atoms with Gasteiger partial charge in [0.2, 0.25) is 17.5 Å². The molecule has 11 heteroatoms. The van der Waals surface area contributed by atoms with Crippen molar-refractivity contribution in [1.82, 2.24) is 15.2 Å². The van der Waals surface area contributed by atoms with E-state index in [4.69, 9.17) is 15.2 Å². The zero-order chi connectivity index (χ0) is 22.1. The van der Waals surface area contributed by atoms with Crippen LogP contribution in [0.2, 0.25) is 0 Å². The van der Waals surface area contributed by atoms with Crippen LogP contribution in [0.15, 0.2) is 48.1 Å². The van der Waals surface area contributed by atoms with Gasteiger partial charge in [-0.15, -0.1) is 5.10 Å². The fourth-order valence-electron chi connectivity index (χ4n) is 3.50. The predicted molar refractivity (Wildman–Crippen MR) is 107 cm³/mol. The minimum absolute atomic E-state index is 0.0478. The van der Waals surface area contributed by atoms with Gasteiger partial charge in [-0.1, -0.05) is 0 Å². The zero-order valence-electron chi connectivity index (χ0n) is 16.2. The number of pyridine rings is 1. The first-order chi connectivity index (χ1) is 15.0. The number of allylic oxidation sites excluding steroid dienone is 1. The molecule has 3 heterocycles. The summed E-state index contributed by atoms with van der Waals surface area (Å²) in [5, 5.41) is 38.6. The summed E-state index contributed by atoms with van der Waals surface area (Å²) in [4.78, 5) is 14.8. The molecule has 1 aliphatic rings. The fourth-order valence-corrected chi connectivity index (χ4v) is 3.50. The summed E-state index contributed by atoms with van der Waals surface area (Å²) < 4.78 is 10.9. The van der Waals surface area contributed by atoms with E-state index in [1.54, 1.807) is 31.5 Å². The van der Waals surface area contributed by atoms with Crippen LogP contribution < -0.4 is 15.2 Å². The Morgan fingerprint density at radius 3 is 2.81 bits per heavy atom. The summed E-state index contributed by atoms with van der Waals surface area (Å²) in [6.07, 6.45) is 3.19. The zero-order valence-corrected chi connectivity index (χ0v) is 16.2. The molecular weight excluding hydrogens is 404 g/mol. The maximum Gasteiger partial charge on any atom is 0.314 e. The molecule has 2 aromatic heterocycles. The Morgan fingerprint density at radius 1 is 1.42 bits per heavy atom. The largest absolute Gasteiger partial charge is 0.500 e. The second-order valence-electron chi connectivity index (χ2n) is 6.56. The molecule has 0 bridgehead atoms. The van der Waals surface area contributed by atoms with Gasteiger partial charge < -0.3 is 20.3 Å². The highest BCUT2D eigenvalue weighted by atomic mass is 16.6. The number of aromatic hydroxyl groups is 1. The molecule has 156 valence electrons. The smallest absolute Gasteiger partial charge is 0.314 e. The van der Waals surface area contributed by atoms with Gasteiger partial charge in [-0.3, -0.25) is 20.2 Å². The first-order valence-electron chi connectivity index (χ1n) is 9.16. The Kier molecular flexibility index (Phi) is 4.88. The molecule has 1 aromatic carbocycles. The molecule has 4 rings (SSSR count). The Hall–Kier alpha value is -4.59. The van der Waals surface area contributed by atoms with Gasteiger partial charge in [0.1, 0.15) is 11.6 Å². The molecule has 0 spiro atoms. The van der Waals surface area contributed by atoms with Crippen LogP contribution in [0.1, 0.15) is 24.0 Å². The highest BCUT2D eigenvalue weighted by Gasteiger charge is 2.37. The monoisotopic (exact) mass is 420 g/mol. The number of ether oxygens (including phenoxy) is 2. The topological polar surface area (TPSA) is 173 Å². The van der Waals surface area contributed by atoms with Crippen molar-refractivity contribution >= 4 is 5.69 Å².